The summed E-state index contributed by atoms with van der Waals surface area (Å²) >= 11 is 1.56. The van der Waals surface area contributed by atoms with Gasteiger partial charge in [-0.05, 0) is 6.54 Å². The van der Waals surface area contributed by atoms with E-state index in [9.17, 15) is 4.79 Å². The van der Waals surface area contributed by atoms with Gasteiger partial charge in [0.05, 0.1) is 24.9 Å². The molecule has 0 saturated carbocycles. The molecule has 0 N–H and O–H groups in total. The third-order valence-corrected chi connectivity index (χ3v) is 2.53. The van der Waals surface area contributed by atoms with Gasteiger partial charge < -0.3 is 4.74 Å². The number of rotatable bonds is 5. The fourth-order valence-corrected chi connectivity index (χ4v) is 1.62. The Kier molecular flexibility index (Phi) is 4.55. The number of hydrogen-bond donors (Lipinski definition) is 0. The summed E-state index contributed by atoms with van der Waals surface area (Å²) in [5.74, 6) is -0.206. The first-order valence-electron chi connectivity index (χ1n) is 4.42. The maximum Gasteiger partial charge on any atom is 0.319 e. The lowest BCUT2D eigenvalue weighted by Crippen LogP contribution is -2.30. The minimum absolute atomic E-state index is 0.206. The number of carbonyl (C=O) groups excluding carboxylic acids is 1. The number of hydrogen-bond acceptors (Lipinski definition) is 5. The Morgan fingerprint density at radius 2 is 2.50 bits per heavy atom. The number of methoxy groups -OCH3 is 1. The Bertz CT molecular complexity index is 274. The third kappa shape index (κ3) is 3.43. The first kappa shape index (κ1) is 11.1. The van der Waals surface area contributed by atoms with E-state index >= 15 is 0 Å². The van der Waals surface area contributed by atoms with Gasteiger partial charge in [0.15, 0.2) is 0 Å². The zero-order chi connectivity index (χ0) is 10.4. The normalized spacial score (nSPS) is 10.5. The number of carbonyl (C=O) groups is 1. The number of thiazole rings is 1. The Balaban J connectivity index is 2.43. The molecule has 0 aliphatic rings. The van der Waals surface area contributed by atoms with Gasteiger partial charge in [-0.1, -0.05) is 6.92 Å². The second kappa shape index (κ2) is 5.72. The molecule has 4 nitrogen and oxygen atoms in total. The largest absolute Gasteiger partial charge is 0.468 e. The van der Waals surface area contributed by atoms with Crippen molar-refractivity contribution in [2.24, 2.45) is 0 Å². The van der Waals surface area contributed by atoms with Crippen LogP contribution in [0.3, 0.4) is 0 Å². The van der Waals surface area contributed by atoms with Crippen molar-refractivity contribution in [2.75, 3.05) is 20.2 Å². The SMILES string of the molecule is CCN(CC(=O)OC)Cc1cscn1. The van der Waals surface area contributed by atoms with Crippen molar-refractivity contribution in [1.82, 2.24) is 9.88 Å². The number of aromatic nitrogens is 1. The van der Waals surface area contributed by atoms with Gasteiger partial charge in [0.1, 0.15) is 0 Å². The minimum atomic E-state index is -0.206. The molecule has 1 rings (SSSR count). The highest BCUT2D eigenvalue weighted by Crippen LogP contribution is 2.05. The van der Waals surface area contributed by atoms with Crippen LogP contribution >= 0.6 is 11.3 Å². The fourth-order valence-electron chi connectivity index (χ4n) is 1.07. The van der Waals surface area contributed by atoms with Crippen LogP contribution in [0.5, 0.6) is 0 Å². The van der Waals surface area contributed by atoms with Crippen LogP contribution in [0.1, 0.15) is 12.6 Å². The quantitative estimate of drug-likeness (QED) is 0.689. The summed E-state index contributed by atoms with van der Waals surface area (Å²) in [6.45, 7) is 3.85. The van der Waals surface area contributed by atoms with E-state index in [0.717, 1.165) is 12.2 Å². The molecule has 5 heteroatoms. The highest BCUT2D eigenvalue weighted by atomic mass is 32.1. The van der Waals surface area contributed by atoms with E-state index < -0.39 is 0 Å². The van der Waals surface area contributed by atoms with Gasteiger partial charge in [-0.2, -0.15) is 0 Å². The Labute approximate surface area is 87.5 Å². The molecule has 0 saturated heterocycles. The van der Waals surface area contributed by atoms with Crippen molar-refractivity contribution in [2.45, 2.75) is 13.5 Å². The van der Waals surface area contributed by atoms with Crippen LogP contribution < -0.4 is 0 Å². The second-order valence-electron chi connectivity index (χ2n) is 2.86. The molecular formula is C9H14N2O2S. The van der Waals surface area contributed by atoms with Crippen LogP contribution in [0.4, 0.5) is 0 Å². The number of ether oxygens (including phenoxy) is 1. The van der Waals surface area contributed by atoms with Crippen LogP contribution in [0.15, 0.2) is 10.9 Å². The summed E-state index contributed by atoms with van der Waals surface area (Å²) in [6, 6.07) is 0. The minimum Gasteiger partial charge on any atom is -0.468 e. The first-order chi connectivity index (χ1) is 6.76. The zero-order valence-electron chi connectivity index (χ0n) is 8.40. The molecule has 14 heavy (non-hydrogen) atoms. The van der Waals surface area contributed by atoms with Crippen molar-refractivity contribution >= 4 is 17.3 Å². The van der Waals surface area contributed by atoms with Crippen LogP contribution in [0.25, 0.3) is 0 Å². The lowest BCUT2D eigenvalue weighted by molar-refractivity contribution is -0.142. The molecule has 1 heterocycles. The maximum absolute atomic E-state index is 11.0. The number of esters is 1. The molecule has 0 radical (unpaired) electrons. The molecule has 0 aliphatic heterocycles. The predicted molar refractivity (Wildman–Crippen MR) is 55.1 cm³/mol. The van der Waals surface area contributed by atoms with E-state index in [4.69, 9.17) is 0 Å². The smallest absolute Gasteiger partial charge is 0.319 e. The Morgan fingerprint density at radius 3 is 3.00 bits per heavy atom. The monoisotopic (exact) mass is 214 g/mol. The average Bonchev–Trinajstić information content (AvgIpc) is 2.69. The second-order valence-corrected chi connectivity index (χ2v) is 3.58. The van der Waals surface area contributed by atoms with Crippen molar-refractivity contribution in [3.8, 4) is 0 Å². The summed E-state index contributed by atoms with van der Waals surface area (Å²) < 4.78 is 4.60. The molecule has 0 unspecified atom stereocenters. The molecule has 0 atom stereocenters. The predicted octanol–water partition coefficient (Wildman–Crippen LogP) is 1.14. The average molecular weight is 214 g/mol. The highest BCUT2D eigenvalue weighted by molar-refractivity contribution is 7.07. The highest BCUT2D eigenvalue weighted by Gasteiger charge is 2.10. The molecule has 0 aromatic carbocycles. The van der Waals surface area contributed by atoms with Crippen LogP contribution in [-0.2, 0) is 16.1 Å². The lowest BCUT2D eigenvalue weighted by Gasteiger charge is -2.17. The van der Waals surface area contributed by atoms with E-state index in [1.807, 2.05) is 17.2 Å². The van der Waals surface area contributed by atoms with Crippen molar-refractivity contribution in [3.05, 3.63) is 16.6 Å². The standard InChI is InChI=1S/C9H14N2O2S/c1-3-11(5-9(12)13-2)4-8-6-14-7-10-8/h6-7H,3-5H2,1-2H3. The van der Waals surface area contributed by atoms with Crippen molar-refractivity contribution in [3.63, 3.8) is 0 Å². The molecule has 0 amide bonds. The van der Waals surface area contributed by atoms with Gasteiger partial charge in [0, 0.05) is 11.9 Å². The number of nitrogens with zero attached hydrogens (tertiary/aromatic N) is 2. The molecular weight excluding hydrogens is 200 g/mol. The zero-order valence-corrected chi connectivity index (χ0v) is 9.21. The van der Waals surface area contributed by atoms with Gasteiger partial charge in [-0.3, -0.25) is 9.69 Å². The Hall–Kier alpha value is -0.940. The van der Waals surface area contributed by atoms with Gasteiger partial charge >= 0.3 is 5.97 Å². The summed E-state index contributed by atoms with van der Waals surface area (Å²) in [5, 5.41) is 1.99. The topological polar surface area (TPSA) is 42.4 Å². The van der Waals surface area contributed by atoms with Crippen molar-refractivity contribution < 1.29 is 9.53 Å². The molecule has 0 bridgehead atoms. The van der Waals surface area contributed by atoms with Gasteiger partial charge in [-0.15, -0.1) is 11.3 Å². The summed E-state index contributed by atoms with van der Waals surface area (Å²) in [6.07, 6.45) is 0. The summed E-state index contributed by atoms with van der Waals surface area (Å²) in [5.41, 5.74) is 2.79. The Morgan fingerprint density at radius 1 is 1.71 bits per heavy atom. The first-order valence-corrected chi connectivity index (χ1v) is 5.36. The number of likely N-dealkylation sites (N-methyl/N-ethyl adjacent to an activating group) is 1. The molecule has 1 aromatic heterocycles. The molecule has 0 fully saturated rings. The molecule has 0 spiro atoms. The fraction of sp³-hybridized carbons (Fsp3) is 0.556. The van der Waals surface area contributed by atoms with E-state index in [2.05, 4.69) is 9.72 Å². The van der Waals surface area contributed by atoms with E-state index in [0.29, 0.717) is 13.1 Å². The van der Waals surface area contributed by atoms with Gasteiger partial charge in [0.2, 0.25) is 0 Å². The molecule has 1 aromatic rings. The maximum atomic E-state index is 11.0. The van der Waals surface area contributed by atoms with Crippen LogP contribution in [-0.4, -0.2) is 36.1 Å². The van der Waals surface area contributed by atoms with E-state index in [1.54, 1.807) is 16.8 Å². The van der Waals surface area contributed by atoms with Crippen molar-refractivity contribution in [1.29, 1.82) is 0 Å². The third-order valence-electron chi connectivity index (χ3n) is 1.90. The summed E-state index contributed by atoms with van der Waals surface area (Å²) in [7, 11) is 1.40. The summed E-state index contributed by atoms with van der Waals surface area (Å²) in [4.78, 5) is 17.2. The molecule has 78 valence electrons. The van der Waals surface area contributed by atoms with Crippen LogP contribution in [0.2, 0.25) is 0 Å². The van der Waals surface area contributed by atoms with Crippen LogP contribution in [0, 0.1) is 0 Å². The van der Waals surface area contributed by atoms with E-state index in [1.165, 1.54) is 7.11 Å². The van der Waals surface area contributed by atoms with Gasteiger partial charge in [0.25, 0.3) is 0 Å². The lowest BCUT2D eigenvalue weighted by atomic mass is 10.4. The van der Waals surface area contributed by atoms with Gasteiger partial charge in [-0.25, -0.2) is 4.98 Å². The molecule has 0 aliphatic carbocycles. The van der Waals surface area contributed by atoms with E-state index in [-0.39, 0.29) is 5.97 Å².